The Bertz CT molecular complexity index is 836. The molecule has 0 aromatic heterocycles. The van der Waals surface area contributed by atoms with Crippen molar-refractivity contribution in [3.8, 4) is 5.75 Å². The van der Waals surface area contributed by atoms with Crippen LogP contribution in [0.2, 0.25) is 0 Å². The molecular formula is C20H26N2O4S. The lowest BCUT2D eigenvalue weighted by Crippen LogP contribution is -2.44. The number of sulfonamides is 1. The number of hydrogen-bond donors (Lipinski definition) is 1. The molecule has 1 N–H and O–H groups in total. The van der Waals surface area contributed by atoms with Crippen LogP contribution in [0, 0.1) is 6.92 Å². The number of carbonyl (C=O) groups is 1. The van der Waals surface area contributed by atoms with Gasteiger partial charge in [-0.1, -0.05) is 48.0 Å². The minimum Gasteiger partial charge on any atom is -0.491 e. The number of aryl methyl sites for hydroxylation is 1. The molecule has 0 radical (unpaired) electrons. The Balaban J connectivity index is 1.87. The number of ether oxygens (including phenoxy) is 1. The highest BCUT2D eigenvalue weighted by atomic mass is 32.2. The van der Waals surface area contributed by atoms with E-state index < -0.39 is 10.0 Å². The lowest BCUT2D eigenvalue weighted by Gasteiger charge is -2.21. The third kappa shape index (κ3) is 7.40. The maximum absolute atomic E-state index is 12.3. The van der Waals surface area contributed by atoms with E-state index in [9.17, 15) is 13.2 Å². The van der Waals surface area contributed by atoms with Gasteiger partial charge in [0.05, 0.1) is 18.8 Å². The number of nitrogens with zero attached hydrogens (tertiary/aromatic N) is 1. The molecule has 0 aliphatic rings. The normalized spacial score (nSPS) is 12.6. The fourth-order valence-corrected chi connectivity index (χ4v) is 3.19. The zero-order chi connectivity index (χ0) is 19.9. The summed E-state index contributed by atoms with van der Waals surface area (Å²) in [7, 11) is -3.51. The van der Waals surface area contributed by atoms with Crippen molar-refractivity contribution in [2.24, 2.45) is 0 Å². The first-order valence-corrected chi connectivity index (χ1v) is 10.6. The Labute approximate surface area is 161 Å². The number of benzene rings is 2. The Morgan fingerprint density at radius 3 is 2.33 bits per heavy atom. The highest BCUT2D eigenvalue weighted by molar-refractivity contribution is 7.88. The van der Waals surface area contributed by atoms with Gasteiger partial charge in [-0.3, -0.25) is 4.79 Å². The van der Waals surface area contributed by atoms with Gasteiger partial charge in [-0.05, 0) is 31.5 Å². The highest BCUT2D eigenvalue weighted by Crippen LogP contribution is 2.12. The summed E-state index contributed by atoms with van der Waals surface area (Å²) >= 11 is 0. The minimum atomic E-state index is -3.51. The quantitative estimate of drug-likeness (QED) is 0.713. The average molecular weight is 391 g/mol. The van der Waals surface area contributed by atoms with Crippen molar-refractivity contribution >= 4 is 15.9 Å². The monoisotopic (exact) mass is 390 g/mol. The molecule has 0 saturated heterocycles. The van der Waals surface area contributed by atoms with Gasteiger partial charge < -0.3 is 10.1 Å². The van der Waals surface area contributed by atoms with Gasteiger partial charge in [-0.25, -0.2) is 8.42 Å². The first-order valence-electron chi connectivity index (χ1n) is 8.72. The number of rotatable bonds is 9. The number of nitrogens with one attached hydrogen (secondary N) is 1. The van der Waals surface area contributed by atoms with Crippen molar-refractivity contribution in [3.05, 3.63) is 65.7 Å². The van der Waals surface area contributed by atoms with Crippen LogP contribution in [0.25, 0.3) is 0 Å². The Morgan fingerprint density at radius 1 is 1.11 bits per heavy atom. The van der Waals surface area contributed by atoms with Crippen molar-refractivity contribution in [1.29, 1.82) is 0 Å². The average Bonchev–Trinajstić information content (AvgIpc) is 2.61. The van der Waals surface area contributed by atoms with Gasteiger partial charge in [0, 0.05) is 6.54 Å². The summed E-state index contributed by atoms with van der Waals surface area (Å²) in [4.78, 5) is 12.3. The van der Waals surface area contributed by atoms with Crippen LogP contribution in [0.15, 0.2) is 54.6 Å². The zero-order valence-electron chi connectivity index (χ0n) is 15.9. The lowest BCUT2D eigenvalue weighted by atomic mass is 10.2. The second-order valence-electron chi connectivity index (χ2n) is 6.61. The molecule has 0 heterocycles. The van der Waals surface area contributed by atoms with E-state index in [-0.39, 0.29) is 25.0 Å². The Morgan fingerprint density at radius 2 is 1.74 bits per heavy atom. The number of hydrogen-bond acceptors (Lipinski definition) is 4. The standard InChI is InChI=1S/C20H26N2O4S/c1-16-9-11-19(12-10-16)26-15-17(2)21-20(23)14-22(27(3,24)25)13-18-7-5-4-6-8-18/h4-12,17H,13-15H2,1-3H3,(H,21,23)/t17-/m1/s1. The predicted octanol–water partition coefficient (Wildman–Crippen LogP) is 2.34. The summed E-state index contributed by atoms with van der Waals surface area (Å²) in [6, 6.07) is 16.6. The van der Waals surface area contributed by atoms with Crippen LogP contribution in [0.5, 0.6) is 5.75 Å². The van der Waals surface area contributed by atoms with Crippen LogP contribution in [0.3, 0.4) is 0 Å². The fraction of sp³-hybridized carbons (Fsp3) is 0.350. The van der Waals surface area contributed by atoms with Gasteiger partial charge in [-0.2, -0.15) is 4.31 Å². The van der Waals surface area contributed by atoms with Crippen LogP contribution in [-0.4, -0.2) is 44.1 Å². The van der Waals surface area contributed by atoms with E-state index >= 15 is 0 Å². The van der Waals surface area contributed by atoms with E-state index in [4.69, 9.17) is 4.74 Å². The summed E-state index contributed by atoms with van der Waals surface area (Å²) in [5.74, 6) is 0.361. The van der Waals surface area contributed by atoms with E-state index in [1.807, 2.05) is 68.4 Å². The van der Waals surface area contributed by atoms with Crippen LogP contribution < -0.4 is 10.1 Å². The second kappa shape index (κ2) is 9.53. The van der Waals surface area contributed by atoms with Crippen LogP contribution in [0.1, 0.15) is 18.1 Å². The molecule has 27 heavy (non-hydrogen) atoms. The van der Waals surface area contributed by atoms with E-state index in [1.54, 1.807) is 0 Å². The van der Waals surface area contributed by atoms with Crippen LogP contribution in [-0.2, 0) is 21.4 Å². The molecule has 0 bridgehead atoms. The van der Waals surface area contributed by atoms with E-state index in [1.165, 1.54) is 0 Å². The second-order valence-corrected chi connectivity index (χ2v) is 8.59. The van der Waals surface area contributed by atoms with Gasteiger partial charge in [-0.15, -0.1) is 0 Å². The topological polar surface area (TPSA) is 75.7 Å². The minimum absolute atomic E-state index is 0.154. The Kier molecular flexibility index (Phi) is 7.38. The molecule has 0 saturated carbocycles. The van der Waals surface area contributed by atoms with Crippen molar-refractivity contribution in [2.75, 3.05) is 19.4 Å². The molecule has 7 heteroatoms. The molecule has 0 aliphatic carbocycles. The van der Waals surface area contributed by atoms with E-state index in [0.717, 1.165) is 27.4 Å². The SMILES string of the molecule is Cc1ccc(OC[C@@H](C)NC(=O)CN(Cc2ccccc2)S(C)(=O)=O)cc1. The maximum atomic E-state index is 12.3. The third-order valence-corrected chi connectivity index (χ3v) is 5.12. The summed E-state index contributed by atoms with van der Waals surface area (Å²) < 4.78 is 30.8. The maximum Gasteiger partial charge on any atom is 0.235 e. The van der Waals surface area contributed by atoms with Gasteiger partial charge in [0.1, 0.15) is 12.4 Å². The van der Waals surface area contributed by atoms with Crippen molar-refractivity contribution in [3.63, 3.8) is 0 Å². The molecule has 1 atom stereocenters. The van der Waals surface area contributed by atoms with Gasteiger partial charge in [0.25, 0.3) is 0 Å². The molecule has 2 aromatic carbocycles. The molecule has 1 amide bonds. The smallest absolute Gasteiger partial charge is 0.235 e. The summed E-state index contributed by atoms with van der Waals surface area (Å²) in [6.07, 6.45) is 1.10. The van der Waals surface area contributed by atoms with Crippen LogP contribution >= 0.6 is 0 Å². The van der Waals surface area contributed by atoms with Gasteiger partial charge >= 0.3 is 0 Å². The third-order valence-electron chi connectivity index (χ3n) is 3.92. The van der Waals surface area contributed by atoms with Gasteiger partial charge in [0.2, 0.25) is 15.9 Å². The molecule has 2 rings (SSSR count). The van der Waals surface area contributed by atoms with Crippen LogP contribution in [0.4, 0.5) is 0 Å². The summed E-state index contributed by atoms with van der Waals surface area (Å²) in [6.45, 7) is 4.03. The summed E-state index contributed by atoms with van der Waals surface area (Å²) in [5.41, 5.74) is 1.97. The zero-order valence-corrected chi connectivity index (χ0v) is 16.7. The molecule has 0 aliphatic heterocycles. The molecular weight excluding hydrogens is 364 g/mol. The largest absolute Gasteiger partial charge is 0.491 e. The first kappa shape index (κ1) is 20.9. The fourth-order valence-electron chi connectivity index (χ4n) is 2.46. The molecule has 146 valence electrons. The van der Waals surface area contributed by atoms with Crippen molar-refractivity contribution in [1.82, 2.24) is 9.62 Å². The molecule has 0 fully saturated rings. The first-order chi connectivity index (χ1) is 12.7. The lowest BCUT2D eigenvalue weighted by molar-refractivity contribution is -0.122. The Hall–Kier alpha value is -2.38. The number of amides is 1. The number of carbonyl (C=O) groups excluding carboxylic acids is 1. The van der Waals surface area contributed by atoms with E-state index in [0.29, 0.717) is 6.61 Å². The van der Waals surface area contributed by atoms with Crippen molar-refractivity contribution < 1.29 is 17.9 Å². The predicted molar refractivity (Wildman–Crippen MR) is 106 cm³/mol. The van der Waals surface area contributed by atoms with Crippen molar-refractivity contribution in [2.45, 2.75) is 26.4 Å². The molecule has 0 spiro atoms. The molecule has 2 aromatic rings. The molecule has 0 unspecified atom stereocenters. The van der Waals surface area contributed by atoms with E-state index in [2.05, 4.69) is 5.32 Å². The van der Waals surface area contributed by atoms with Gasteiger partial charge in [0.15, 0.2) is 0 Å². The summed E-state index contributed by atoms with van der Waals surface area (Å²) in [5, 5.41) is 2.78. The highest BCUT2D eigenvalue weighted by Gasteiger charge is 2.21. The molecule has 6 nitrogen and oxygen atoms in total.